The summed E-state index contributed by atoms with van der Waals surface area (Å²) >= 11 is 0. The molecule has 0 saturated carbocycles. The van der Waals surface area contributed by atoms with Gasteiger partial charge in [-0.1, -0.05) is 37.3 Å². The van der Waals surface area contributed by atoms with Gasteiger partial charge in [-0.3, -0.25) is 9.69 Å². The molecule has 0 aliphatic carbocycles. The Balaban J connectivity index is 1.97. The minimum atomic E-state index is -0.762. The van der Waals surface area contributed by atoms with Gasteiger partial charge < -0.3 is 14.6 Å². The Morgan fingerprint density at radius 3 is 2.48 bits per heavy atom. The summed E-state index contributed by atoms with van der Waals surface area (Å²) in [7, 11) is 3.27. The summed E-state index contributed by atoms with van der Waals surface area (Å²) in [5, 5.41) is 9.46. The predicted molar refractivity (Wildman–Crippen MR) is 104 cm³/mol. The molecule has 1 aliphatic heterocycles. The molecular weight excluding hydrogens is 342 g/mol. The van der Waals surface area contributed by atoms with Crippen molar-refractivity contribution in [1.82, 2.24) is 4.90 Å². The summed E-state index contributed by atoms with van der Waals surface area (Å²) in [6, 6.07) is 14.4. The third-order valence-corrected chi connectivity index (χ3v) is 5.34. The van der Waals surface area contributed by atoms with Gasteiger partial charge >= 0.3 is 5.97 Å². The van der Waals surface area contributed by atoms with Gasteiger partial charge in [0.05, 0.1) is 20.1 Å². The summed E-state index contributed by atoms with van der Waals surface area (Å²) in [5.41, 5.74) is 3.58. The average Bonchev–Trinajstić information content (AvgIpc) is 2.69. The molecule has 1 aliphatic rings. The highest BCUT2D eigenvalue weighted by Gasteiger charge is 2.31. The summed E-state index contributed by atoms with van der Waals surface area (Å²) in [6.07, 6.45) is 1.46. The Morgan fingerprint density at radius 1 is 1.19 bits per heavy atom. The maximum Gasteiger partial charge on any atom is 0.306 e. The van der Waals surface area contributed by atoms with Crippen molar-refractivity contribution in [1.29, 1.82) is 0 Å². The van der Waals surface area contributed by atoms with E-state index in [0.717, 1.165) is 30.8 Å². The van der Waals surface area contributed by atoms with Crippen molar-refractivity contribution in [2.45, 2.75) is 32.4 Å². The topological polar surface area (TPSA) is 59.0 Å². The van der Waals surface area contributed by atoms with E-state index in [-0.39, 0.29) is 6.04 Å². The van der Waals surface area contributed by atoms with Crippen LogP contribution in [0.25, 0.3) is 0 Å². The van der Waals surface area contributed by atoms with E-state index in [1.54, 1.807) is 21.1 Å². The van der Waals surface area contributed by atoms with Crippen LogP contribution < -0.4 is 9.47 Å². The zero-order chi connectivity index (χ0) is 19.4. The maximum atomic E-state index is 11.5. The van der Waals surface area contributed by atoms with E-state index < -0.39 is 11.9 Å². The summed E-state index contributed by atoms with van der Waals surface area (Å²) < 4.78 is 10.9. The van der Waals surface area contributed by atoms with Gasteiger partial charge in [-0.05, 0) is 41.7 Å². The van der Waals surface area contributed by atoms with Crippen LogP contribution >= 0.6 is 0 Å². The summed E-state index contributed by atoms with van der Waals surface area (Å²) in [6.45, 7) is 3.46. The Morgan fingerprint density at radius 2 is 1.85 bits per heavy atom. The molecule has 0 aromatic heterocycles. The van der Waals surface area contributed by atoms with Crippen LogP contribution in [0.5, 0.6) is 11.5 Å². The minimum absolute atomic E-state index is 0.0277. The molecule has 0 saturated heterocycles. The molecule has 0 spiro atoms. The van der Waals surface area contributed by atoms with Gasteiger partial charge in [-0.15, -0.1) is 0 Å². The Kier molecular flexibility index (Phi) is 6.01. The lowest BCUT2D eigenvalue weighted by Gasteiger charge is -2.38. The third-order valence-electron chi connectivity index (χ3n) is 5.34. The first-order chi connectivity index (χ1) is 13.0. The number of benzene rings is 2. The standard InChI is InChI=1S/C22H27NO4/c1-15(22(24)25)11-19-18-13-21(27-3)20(26-2)12-17(18)9-10-23(19)14-16-7-5-4-6-8-16/h4-8,12-13,15,19H,9-11,14H2,1-3H3,(H,24,25). The van der Waals surface area contributed by atoms with Crippen LogP contribution in [0.15, 0.2) is 42.5 Å². The number of ether oxygens (including phenoxy) is 2. The van der Waals surface area contributed by atoms with Gasteiger partial charge in [-0.2, -0.15) is 0 Å². The van der Waals surface area contributed by atoms with E-state index >= 15 is 0 Å². The molecular formula is C22H27NO4. The van der Waals surface area contributed by atoms with E-state index in [9.17, 15) is 9.90 Å². The zero-order valence-corrected chi connectivity index (χ0v) is 16.1. The minimum Gasteiger partial charge on any atom is -0.493 e. The van der Waals surface area contributed by atoms with Crippen LogP contribution in [0, 0.1) is 5.92 Å². The number of carbonyl (C=O) groups is 1. The molecule has 0 radical (unpaired) electrons. The summed E-state index contributed by atoms with van der Waals surface area (Å²) in [5.74, 6) is 0.221. The number of aliphatic carboxylic acids is 1. The highest BCUT2D eigenvalue weighted by Crippen LogP contribution is 2.41. The van der Waals surface area contributed by atoms with E-state index in [1.807, 2.05) is 30.3 Å². The fourth-order valence-electron chi connectivity index (χ4n) is 3.80. The van der Waals surface area contributed by atoms with Crippen LogP contribution in [-0.4, -0.2) is 36.7 Å². The molecule has 2 atom stereocenters. The first-order valence-electron chi connectivity index (χ1n) is 9.29. The number of fused-ring (bicyclic) bond motifs is 1. The van der Waals surface area contributed by atoms with Crippen LogP contribution in [0.2, 0.25) is 0 Å². The second-order valence-corrected chi connectivity index (χ2v) is 7.10. The maximum absolute atomic E-state index is 11.5. The van der Waals surface area contributed by atoms with Crippen molar-refractivity contribution in [3.63, 3.8) is 0 Å². The summed E-state index contributed by atoms with van der Waals surface area (Å²) in [4.78, 5) is 13.9. The fourth-order valence-corrected chi connectivity index (χ4v) is 3.80. The monoisotopic (exact) mass is 369 g/mol. The molecule has 1 heterocycles. The average molecular weight is 369 g/mol. The zero-order valence-electron chi connectivity index (χ0n) is 16.1. The molecule has 0 bridgehead atoms. The van der Waals surface area contributed by atoms with E-state index in [4.69, 9.17) is 9.47 Å². The first-order valence-corrected chi connectivity index (χ1v) is 9.29. The van der Waals surface area contributed by atoms with Gasteiger partial charge in [0.2, 0.25) is 0 Å². The Hall–Kier alpha value is -2.53. The second-order valence-electron chi connectivity index (χ2n) is 7.10. The Labute approximate surface area is 160 Å². The number of hydrogen-bond acceptors (Lipinski definition) is 4. The van der Waals surface area contributed by atoms with Gasteiger partial charge in [0.1, 0.15) is 0 Å². The quantitative estimate of drug-likeness (QED) is 0.802. The number of carboxylic acid groups (broad SMARTS) is 1. The van der Waals surface area contributed by atoms with Crippen molar-refractivity contribution < 1.29 is 19.4 Å². The van der Waals surface area contributed by atoms with E-state index in [2.05, 4.69) is 17.0 Å². The third kappa shape index (κ3) is 4.25. The van der Waals surface area contributed by atoms with Crippen molar-refractivity contribution in [3.8, 4) is 11.5 Å². The molecule has 27 heavy (non-hydrogen) atoms. The molecule has 3 rings (SSSR count). The largest absolute Gasteiger partial charge is 0.493 e. The van der Waals surface area contributed by atoms with Crippen molar-refractivity contribution in [2.24, 2.45) is 5.92 Å². The fraction of sp³-hybridized carbons (Fsp3) is 0.409. The van der Waals surface area contributed by atoms with Gasteiger partial charge in [0.15, 0.2) is 11.5 Å². The number of nitrogens with zero attached hydrogens (tertiary/aromatic N) is 1. The number of rotatable bonds is 7. The highest BCUT2D eigenvalue weighted by molar-refractivity contribution is 5.69. The van der Waals surface area contributed by atoms with Crippen LogP contribution in [0.1, 0.15) is 36.1 Å². The molecule has 0 amide bonds. The lowest BCUT2D eigenvalue weighted by molar-refractivity contribution is -0.141. The lowest BCUT2D eigenvalue weighted by atomic mass is 9.86. The van der Waals surface area contributed by atoms with Crippen LogP contribution in [-0.2, 0) is 17.8 Å². The number of carboxylic acids is 1. The van der Waals surface area contributed by atoms with Crippen molar-refractivity contribution >= 4 is 5.97 Å². The molecule has 5 heteroatoms. The molecule has 2 aromatic rings. The van der Waals surface area contributed by atoms with Gasteiger partial charge in [-0.25, -0.2) is 0 Å². The highest BCUT2D eigenvalue weighted by atomic mass is 16.5. The Bertz CT molecular complexity index is 790. The molecule has 0 fully saturated rings. The van der Waals surface area contributed by atoms with Crippen molar-refractivity contribution in [2.75, 3.05) is 20.8 Å². The molecule has 5 nitrogen and oxygen atoms in total. The normalized spacial score (nSPS) is 17.8. The van der Waals surface area contributed by atoms with Crippen LogP contribution in [0.3, 0.4) is 0 Å². The van der Waals surface area contributed by atoms with E-state index in [0.29, 0.717) is 12.2 Å². The molecule has 1 N–H and O–H groups in total. The van der Waals surface area contributed by atoms with Crippen LogP contribution in [0.4, 0.5) is 0 Å². The van der Waals surface area contributed by atoms with Gasteiger partial charge in [0.25, 0.3) is 0 Å². The SMILES string of the molecule is COc1cc2c(cc1OC)C(CC(C)C(=O)O)N(Cc1ccccc1)CC2. The second kappa shape index (κ2) is 8.44. The lowest BCUT2D eigenvalue weighted by Crippen LogP contribution is -2.36. The number of hydrogen-bond donors (Lipinski definition) is 1. The molecule has 144 valence electrons. The smallest absolute Gasteiger partial charge is 0.306 e. The molecule has 2 unspecified atom stereocenters. The van der Waals surface area contributed by atoms with Crippen molar-refractivity contribution in [3.05, 3.63) is 59.2 Å². The predicted octanol–water partition coefficient (Wildman–Crippen LogP) is 3.91. The van der Waals surface area contributed by atoms with Gasteiger partial charge in [0, 0.05) is 19.1 Å². The van der Waals surface area contributed by atoms with E-state index in [1.165, 1.54) is 11.1 Å². The number of methoxy groups -OCH3 is 2. The first kappa shape index (κ1) is 19.2. The molecule has 2 aromatic carbocycles.